The maximum absolute atomic E-state index is 10.9. The highest BCUT2D eigenvalue weighted by Crippen LogP contribution is 2.29. The van der Waals surface area contributed by atoms with Crippen LogP contribution in [0.3, 0.4) is 0 Å². The van der Waals surface area contributed by atoms with Gasteiger partial charge in [-0.1, -0.05) is 12.8 Å². The van der Waals surface area contributed by atoms with E-state index < -0.39 is 5.97 Å². The highest BCUT2D eigenvalue weighted by atomic mass is 16.4. The number of aromatic carboxylic acids is 1. The molecule has 2 aromatic rings. The molecule has 1 N–H and O–H groups in total. The Kier molecular flexibility index (Phi) is 2.78. The van der Waals surface area contributed by atoms with Crippen molar-refractivity contribution in [3.8, 4) is 0 Å². The number of fused-ring (bicyclic) bond motifs is 1. The van der Waals surface area contributed by atoms with Gasteiger partial charge < -0.3 is 9.52 Å². The summed E-state index contributed by atoms with van der Waals surface area (Å²) in [4.78, 5) is 15.3. The van der Waals surface area contributed by atoms with Crippen LogP contribution in [0.5, 0.6) is 0 Å². The minimum atomic E-state index is -0.933. The first-order chi connectivity index (χ1) is 8.72. The van der Waals surface area contributed by atoms with E-state index in [2.05, 4.69) is 4.98 Å². The Morgan fingerprint density at radius 3 is 2.89 bits per heavy atom. The summed E-state index contributed by atoms with van der Waals surface area (Å²) >= 11 is 0. The Hall–Kier alpha value is -1.84. The van der Waals surface area contributed by atoms with E-state index in [1.165, 1.54) is 25.7 Å². The molecule has 0 radical (unpaired) electrons. The Morgan fingerprint density at radius 2 is 2.17 bits per heavy atom. The number of rotatable bonds is 3. The van der Waals surface area contributed by atoms with Crippen molar-refractivity contribution in [1.82, 2.24) is 4.98 Å². The predicted molar refractivity (Wildman–Crippen MR) is 66.6 cm³/mol. The molecule has 0 saturated heterocycles. The van der Waals surface area contributed by atoms with E-state index in [0.29, 0.717) is 17.0 Å². The molecule has 0 amide bonds. The SMILES string of the molecule is O=C(O)c1ccc2oc(CC3CCCC3)nc2c1. The van der Waals surface area contributed by atoms with Crippen LogP contribution in [0.25, 0.3) is 11.1 Å². The number of carbonyl (C=O) groups is 1. The molecule has 1 aliphatic rings. The first-order valence-corrected chi connectivity index (χ1v) is 6.35. The van der Waals surface area contributed by atoms with Gasteiger partial charge in [-0.05, 0) is 37.0 Å². The summed E-state index contributed by atoms with van der Waals surface area (Å²) in [5, 5.41) is 8.92. The smallest absolute Gasteiger partial charge is 0.335 e. The standard InChI is InChI=1S/C14H15NO3/c16-14(17)10-5-6-12-11(8-10)15-13(18-12)7-9-3-1-2-4-9/h5-6,8-9H,1-4,7H2,(H,16,17). The van der Waals surface area contributed by atoms with E-state index in [1.807, 2.05) is 0 Å². The molecule has 1 aromatic carbocycles. The van der Waals surface area contributed by atoms with Crippen LogP contribution in [0.15, 0.2) is 22.6 Å². The molecular formula is C14H15NO3. The van der Waals surface area contributed by atoms with Crippen LogP contribution in [-0.2, 0) is 6.42 Å². The van der Waals surface area contributed by atoms with E-state index in [0.717, 1.165) is 12.3 Å². The van der Waals surface area contributed by atoms with E-state index in [4.69, 9.17) is 9.52 Å². The molecule has 18 heavy (non-hydrogen) atoms. The quantitative estimate of drug-likeness (QED) is 0.901. The summed E-state index contributed by atoms with van der Waals surface area (Å²) in [6, 6.07) is 4.80. The molecule has 1 saturated carbocycles. The molecule has 4 heteroatoms. The topological polar surface area (TPSA) is 63.3 Å². The van der Waals surface area contributed by atoms with Gasteiger partial charge in [-0.3, -0.25) is 0 Å². The van der Waals surface area contributed by atoms with Gasteiger partial charge in [-0.2, -0.15) is 0 Å². The van der Waals surface area contributed by atoms with Crippen molar-refractivity contribution < 1.29 is 14.3 Å². The fraction of sp³-hybridized carbons (Fsp3) is 0.429. The second-order valence-electron chi connectivity index (χ2n) is 4.95. The molecule has 1 heterocycles. The van der Waals surface area contributed by atoms with Crippen molar-refractivity contribution in [1.29, 1.82) is 0 Å². The van der Waals surface area contributed by atoms with Gasteiger partial charge in [-0.15, -0.1) is 0 Å². The zero-order chi connectivity index (χ0) is 12.5. The Balaban J connectivity index is 1.87. The molecule has 1 aromatic heterocycles. The number of aromatic nitrogens is 1. The van der Waals surface area contributed by atoms with Gasteiger partial charge in [0.15, 0.2) is 11.5 Å². The van der Waals surface area contributed by atoms with Crippen LogP contribution in [-0.4, -0.2) is 16.1 Å². The van der Waals surface area contributed by atoms with E-state index >= 15 is 0 Å². The van der Waals surface area contributed by atoms with Gasteiger partial charge in [0.2, 0.25) is 0 Å². The average molecular weight is 245 g/mol. The van der Waals surface area contributed by atoms with Gasteiger partial charge in [0.1, 0.15) is 5.52 Å². The molecule has 0 bridgehead atoms. The van der Waals surface area contributed by atoms with Gasteiger partial charge in [0.25, 0.3) is 0 Å². The normalized spacial score (nSPS) is 16.4. The number of nitrogens with zero attached hydrogens (tertiary/aromatic N) is 1. The highest BCUT2D eigenvalue weighted by Gasteiger charge is 2.18. The van der Waals surface area contributed by atoms with Crippen molar-refractivity contribution >= 4 is 17.1 Å². The lowest BCUT2D eigenvalue weighted by Crippen LogP contribution is -1.98. The van der Waals surface area contributed by atoms with Crippen molar-refractivity contribution in [3.63, 3.8) is 0 Å². The van der Waals surface area contributed by atoms with Crippen LogP contribution in [0.4, 0.5) is 0 Å². The number of carboxylic acid groups (broad SMARTS) is 1. The van der Waals surface area contributed by atoms with Crippen molar-refractivity contribution in [2.24, 2.45) is 5.92 Å². The zero-order valence-electron chi connectivity index (χ0n) is 10.1. The summed E-state index contributed by atoms with van der Waals surface area (Å²) in [6.45, 7) is 0. The molecule has 0 atom stereocenters. The third kappa shape index (κ3) is 2.10. The van der Waals surface area contributed by atoms with Gasteiger partial charge in [-0.25, -0.2) is 9.78 Å². The summed E-state index contributed by atoms with van der Waals surface area (Å²) in [7, 11) is 0. The van der Waals surface area contributed by atoms with E-state index in [1.54, 1.807) is 18.2 Å². The summed E-state index contributed by atoms with van der Waals surface area (Å²) < 4.78 is 5.66. The fourth-order valence-electron chi connectivity index (χ4n) is 2.66. The summed E-state index contributed by atoms with van der Waals surface area (Å²) in [5.74, 6) is 0.480. The number of hydrogen-bond donors (Lipinski definition) is 1. The minimum Gasteiger partial charge on any atom is -0.478 e. The third-order valence-corrected chi connectivity index (χ3v) is 3.62. The van der Waals surface area contributed by atoms with Crippen LogP contribution >= 0.6 is 0 Å². The highest BCUT2D eigenvalue weighted by molar-refractivity contribution is 5.91. The summed E-state index contributed by atoms with van der Waals surface area (Å²) in [6.07, 6.45) is 5.97. The molecule has 0 unspecified atom stereocenters. The minimum absolute atomic E-state index is 0.253. The average Bonchev–Trinajstić information content (AvgIpc) is 2.96. The van der Waals surface area contributed by atoms with Gasteiger partial charge in [0.05, 0.1) is 5.56 Å². The maximum atomic E-state index is 10.9. The number of oxazole rings is 1. The van der Waals surface area contributed by atoms with Crippen molar-refractivity contribution in [2.75, 3.05) is 0 Å². The number of hydrogen-bond acceptors (Lipinski definition) is 3. The lowest BCUT2D eigenvalue weighted by molar-refractivity contribution is 0.0697. The fourth-order valence-corrected chi connectivity index (χ4v) is 2.66. The predicted octanol–water partition coefficient (Wildman–Crippen LogP) is 3.26. The lowest BCUT2D eigenvalue weighted by Gasteiger charge is -2.03. The lowest BCUT2D eigenvalue weighted by atomic mass is 10.0. The molecule has 3 rings (SSSR count). The molecule has 1 fully saturated rings. The first-order valence-electron chi connectivity index (χ1n) is 6.35. The van der Waals surface area contributed by atoms with E-state index in [-0.39, 0.29) is 5.56 Å². The Labute approximate surface area is 105 Å². The molecule has 0 aliphatic heterocycles. The number of carboxylic acids is 1. The van der Waals surface area contributed by atoms with Gasteiger partial charge >= 0.3 is 5.97 Å². The molecule has 94 valence electrons. The Morgan fingerprint density at radius 1 is 1.39 bits per heavy atom. The third-order valence-electron chi connectivity index (χ3n) is 3.62. The Bertz CT molecular complexity index is 582. The first kappa shape index (κ1) is 11.3. The monoisotopic (exact) mass is 245 g/mol. The second kappa shape index (κ2) is 4.44. The molecular weight excluding hydrogens is 230 g/mol. The summed E-state index contributed by atoms with van der Waals surface area (Å²) in [5.41, 5.74) is 1.57. The molecule has 4 nitrogen and oxygen atoms in total. The number of benzene rings is 1. The zero-order valence-corrected chi connectivity index (χ0v) is 10.1. The van der Waals surface area contributed by atoms with Crippen LogP contribution in [0.1, 0.15) is 41.9 Å². The van der Waals surface area contributed by atoms with Crippen molar-refractivity contribution in [3.05, 3.63) is 29.7 Å². The van der Waals surface area contributed by atoms with Crippen LogP contribution in [0.2, 0.25) is 0 Å². The van der Waals surface area contributed by atoms with Crippen LogP contribution < -0.4 is 0 Å². The van der Waals surface area contributed by atoms with Gasteiger partial charge in [0, 0.05) is 6.42 Å². The van der Waals surface area contributed by atoms with E-state index in [9.17, 15) is 4.79 Å². The molecule has 0 spiro atoms. The van der Waals surface area contributed by atoms with Crippen molar-refractivity contribution in [2.45, 2.75) is 32.1 Å². The molecule has 1 aliphatic carbocycles. The largest absolute Gasteiger partial charge is 0.478 e. The van der Waals surface area contributed by atoms with Crippen LogP contribution in [0, 0.1) is 5.92 Å². The maximum Gasteiger partial charge on any atom is 0.335 e. The second-order valence-corrected chi connectivity index (χ2v) is 4.95.